The maximum absolute atomic E-state index is 12.3. The molecule has 0 saturated heterocycles. The Labute approximate surface area is 123 Å². The summed E-state index contributed by atoms with van der Waals surface area (Å²) in [5.41, 5.74) is 0.111. The third-order valence-electron chi connectivity index (χ3n) is 3.76. The van der Waals surface area contributed by atoms with E-state index < -0.39 is 5.41 Å². The van der Waals surface area contributed by atoms with Crippen molar-refractivity contribution in [1.82, 2.24) is 0 Å². The zero-order chi connectivity index (χ0) is 15.3. The largest absolute Gasteiger partial charge is 0.462 e. The first-order valence-corrected chi connectivity index (χ1v) is 7.11. The summed E-state index contributed by atoms with van der Waals surface area (Å²) in [5, 5.41) is 12.0. The molecule has 5 nitrogen and oxygen atoms in total. The smallest absolute Gasteiger partial charge is 0.338 e. The van der Waals surface area contributed by atoms with Crippen LogP contribution in [0.25, 0.3) is 0 Å². The molecule has 5 heteroatoms. The molecule has 0 bridgehead atoms. The van der Waals surface area contributed by atoms with Crippen LogP contribution < -0.4 is 5.32 Å². The van der Waals surface area contributed by atoms with Crippen LogP contribution in [0.2, 0.25) is 0 Å². The van der Waals surface area contributed by atoms with Crippen LogP contribution in [0, 0.1) is 16.7 Å². The van der Waals surface area contributed by atoms with Crippen molar-refractivity contribution in [2.45, 2.75) is 32.6 Å². The van der Waals surface area contributed by atoms with Gasteiger partial charge in [-0.1, -0.05) is 12.8 Å². The molecule has 0 heterocycles. The number of ether oxygens (including phenoxy) is 1. The molecule has 21 heavy (non-hydrogen) atoms. The predicted molar refractivity (Wildman–Crippen MR) is 77.5 cm³/mol. The lowest BCUT2D eigenvalue weighted by molar-refractivity contribution is -0.122. The molecule has 0 spiro atoms. The average Bonchev–Trinajstić information content (AvgIpc) is 2.98. The molecular weight excluding hydrogens is 268 g/mol. The number of hydrogen-bond donors (Lipinski definition) is 1. The second-order valence-electron chi connectivity index (χ2n) is 5.15. The summed E-state index contributed by atoms with van der Waals surface area (Å²) in [6.45, 7) is 2.07. The van der Waals surface area contributed by atoms with E-state index in [0.29, 0.717) is 30.7 Å². The van der Waals surface area contributed by atoms with E-state index in [1.165, 1.54) is 0 Å². The van der Waals surface area contributed by atoms with Crippen LogP contribution in [0.1, 0.15) is 43.0 Å². The van der Waals surface area contributed by atoms with Crippen molar-refractivity contribution in [3.63, 3.8) is 0 Å². The minimum absolute atomic E-state index is 0.258. The van der Waals surface area contributed by atoms with Crippen LogP contribution in [-0.4, -0.2) is 18.5 Å². The van der Waals surface area contributed by atoms with Crippen molar-refractivity contribution in [2.24, 2.45) is 5.41 Å². The number of amides is 1. The van der Waals surface area contributed by atoms with E-state index in [4.69, 9.17) is 4.74 Å². The van der Waals surface area contributed by atoms with Crippen LogP contribution in [0.5, 0.6) is 0 Å². The topological polar surface area (TPSA) is 79.2 Å². The molecule has 0 aliphatic heterocycles. The van der Waals surface area contributed by atoms with Gasteiger partial charge in [0.25, 0.3) is 0 Å². The number of nitrogens with zero attached hydrogens (tertiary/aromatic N) is 1. The Balaban J connectivity index is 2.05. The van der Waals surface area contributed by atoms with E-state index in [1.54, 1.807) is 31.2 Å². The summed E-state index contributed by atoms with van der Waals surface area (Å²) < 4.78 is 4.89. The highest BCUT2D eigenvalue weighted by Gasteiger charge is 2.41. The first kappa shape index (κ1) is 15.0. The van der Waals surface area contributed by atoms with Crippen molar-refractivity contribution in [3.8, 4) is 6.07 Å². The van der Waals surface area contributed by atoms with E-state index >= 15 is 0 Å². The highest BCUT2D eigenvalue weighted by molar-refractivity contribution is 5.98. The monoisotopic (exact) mass is 286 g/mol. The van der Waals surface area contributed by atoms with E-state index in [-0.39, 0.29) is 11.9 Å². The fourth-order valence-electron chi connectivity index (χ4n) is 2.52. The highest BCUT2D eigenvalue weighted by Crippen LogP contribution is 2.38. The Morgan fingerprint density at radius 2 is 1.90 bits per heavy atom. The highest BCUT2D eigenvalue weighted by atomic mass is 16.5. The van der Waals surface area contributed by atoms with Gasteiger partial charge in [-0.3, -0.25) is 4.79 Å². The van der Waals surface area contributed by atoms with E-state index in [2.05, 4.69) is 11.4 Å². The number of hydrogen-bond acceptors (Lipinski definition) is 4. The number of carbonyl (C=O) groups is 2. The number of rotatable bonds is 4. The van der Waals surface area contributed by atoms with Crippen molar-refractivity contribution in [3.05, 3.63) is 29.8 Å². The summed E-state index contributed by atoms with van der Waals surface area (Å²) in [4.78, 5) is 23.8. The van der Waals surface area contributed by atoms with Crippen LogP contribution >= 0.6 is 0 Å². The van der Waals surface area contributed by atoms with Crippen LogP contribution in [0.4, 0.5) is 5.69 Å². The number of esters is 1. The number of anilines is 1. The number of carbonyl (C=O) groups excluding carboxylic acids is 2. The van der Waals surface area contributed by atoms with Crippen LogP contribution in [0.15, 0.2) is 24.3 Å². The Morgan fingerprint density at radius 1 is 1.29 bits per heavy atom. The molecule has 1 fully saturated rings. The zero-order valence-electron chi connectivity index (χ0n) is 12.0. The van der Waals surface area contributed by atoms with Gasteiger partial charge in [0.05, 0.1) is 18.2 Å². The van der Waals surface area contributed by atoms with Gasteiger partial charge >= 0.3 is 5.97 Å². The van der Waals surface area contributed by atoms with Gasteiger partial charge in [0.15, 0.2) is 0 Å². The molecule has 0 radical (unpaired) electrons. The van der Waals surface area contributed by atoms with Crippen molar-refractivity contribution >= 4 is 17.6 Å². The lowest BCUT2D eigenvalue weighted by Crippen LogP contribution is -2.32. The van der Waals surface area contributed by atoms with Gasteiger partial charge in [-0.05, 0) is 44.0 Å². The normalized spacial score (nSPS) is 16.0. The summed E-state index contributed by atoms with van der Waals surface area (Å²) >= 11 is 0. The van der Waals surface area contributed by atoms with Gasteiger partial charge in [-0.2, -0.15) is 5.26 Å². The molecule has 1 amide bonds. The maximum Gasteiger partial charge on any atom is 0.338 e. The minimum Gasteiger partial charge on any atom is -0.462 e. The van der Waals surface area contributed by atoms with Crippen molar-refractivity contribution in [1.29, 1.82) is 5.26 Å². The SMILES string of the molecule is CCOC(=O)c1ccc(NC(=O)C2(C#N)CCCC2)cc1. The Kier molecular flexibility index (Phi) is 4.59. The van der Waals surface area contributed by atoms with Gasteiger partial charge < -0.3 is 10.1 Å². The van der Waals surface area contributed by atoms with Gasteiger partial charge in [0, 0.05) is 5.69 Å². The molecule has 0 aromatic heterocycles. The van der Waals surface area contributed by atoms with E-state index in [1.807, 2.05) is 0 Å². The molecule has 1 saturated carbocycles. The fourth-order valence-corrected chi connectivity index (χ4v) is 2.52. The molecular formula is C16H18N2O3. The van der Waals surface area contributed by atoms with Gasteiger partial charge in [-0.15, -0.1) is 0 Å². The zero-order valence-corrected chi connectivity index (χ0v) is 12.0. The van der Waals surface area contributed by atoms with Crippen molar-refractivity contribution < 1.29 is 14.3 Å². The number of nitriles is 1. The summed E-state index contributed by atoms with van der Waals surface area (Å²) in [5.74, 6) is -0.647. The third kappa shape index (κ3) is 3.22. The molecule has 1 aromatic carbocycles. The number of nitrogens with one attached hydrogen (secondary N) is 1. The quantitative estimate of drug-likeness (QED) is 0.863. The lowest BCUT2D eigenvalue weighted by atomic mass is 9.87. The molecule has 1 aliphatic rings. The lowest BCUT2D eigenvalue weighted by Gasteiger charge is -2.19. The molecule has 1 aliphatic carbocycles. The molecule has 0 unspecified atom stereocenters. The molecule has 1 N–H and O–H groups in total. The standard InChI is InChI=1S/C16H18N2O3/c1-2-21-14(19)12-5-7-13(8-6-12)18-15(20)16(11-17)9-3-4-10-16/h5-8H,2-4,9-10H2,1H3,(H,18,20). The van der Waals surface area contributed by atoms with Crippen LogP contribution in [-0.2, 0) is 9.53 Å². The third-order valence-corrected chi connectivity index (χ3v) is 3.76. The van der Waals surface area contributed by atoms with Crippen LogP contribution in [0.3, 0.4) is 0 Å². The molecule has 110 valence electrons. The number of benzene rings is 1. The minimum atomic E-state index is -0.903. The predicted octanol–water partition coefficient (Wildman–Crippen LogP) is 2.89. The van der Waals surface area contributed by atoms with Gasteiger partial charge in [0.1, 0.15) is 5.41 Å². The summed E-state index contributed by atoms with van der Waals surface area (Å²) in [6.07, 6.45) is 3.03. The molecule has 0 atom stereocenters. The molecule has 2 rings (SSSR count). The van der Waals surface area contributed by atoms with Gasteiger partial charge in [0.2, 0.25) is 5.91 Å². The van der Waals surface area contributed by atoms with E-state index in [9.17, 15) is 14.9 Å². The first-order valence-electron chi connectivity index (χ1n) is 7.11. The Morgan fingerprint density at radius 3 is 2.43 bits per heavy atom. The first-order chi connectivity index (χ1) is 10.1. The molecule has 1 aromatic rings. The Hall–Kier alpha value is -2.35. The van der Waals surface area contributed by atoms with Gasteiger partial charge in [-0.25, -0.2) is 4.79 Å². The maximum atomic E-state index is 12.3. The second kappa shape index (κ2) is 6.40. The fraction of sp³-hybridized carbons (Fsp3) is 0.438. The average molecular weight is 286 g/mol. The van der Waals surface area contributed by atoms with Crippen molar-refractivity contribution in [2.75, 3.05) is 11.9 Å². The Bertz CT molecular complexity index is 566. The van der Waals surface area contributed by atoms with E-state index in [0.717, 1.165) is 12.8 Å². The summed E-state index contributed by atoms with van der Waals surface area (Å²) in [7, 11) is 0. The second-order valence-corrected chi connectivity index (χ2v) is 5.15. The summed E-state index contributed by atoms with van der Waals surface area (Å²) in [6, 6.07) is 8.64.